The first-order valence-corrected chi connectivity index (χ1v) is 7.85. The molecule has 0 fully saturated rings. The molecule has 0 bridgehead atoms. The first-order valence-electron chi connectivity index (χ1n) is 6.37. The lowest BCUT2D eigenvalue weighted by Crippen LogP contribution is -2.26. The number of methoxy groups -OCH3 is 1. The van der Waals surface area contributed by atoms with Crippen LogP contribution in [-0.2, 0) is 10.0 Å². The molecular formula is C13H18F3NO3S. The van der Waals surface area contributed by atoms with E-state index < -0.39 is 22.1 Å². The molecule has 4 nitrogen and oxygen atoms in total. The van der Waals surface area contributed by atoms with E-state index in [1.807, 2.05) is 0 Å². The summed E-state index contributed by atoms with van der Waals surface area (Å²) in [6, 6.07) is 5.75. The van der Waals surface area contributed by atoms with E-state index in [2.05, 4.69) is 4.72 Å². The van der Waals surface area contributed by atoms with Crippen LogP contribution in [0.25, 0.3) is 0 Å². The standard InChI is InChI=1S/C13H18F3NO3S/c1-10(13(14,15)16)4-3-9-17-21(18,19)12-7-5-11(20-2)6-8-12/h5-8,10,17H,3-4,9H2,1-2H3. The highest BCUT2D eigenvalue weighted by molar-refractivity contribution is 7.89. The van der Waals surface area contributed by atoms with Crippen molar-refractivity contribution in [3.05, 3.63) is 24.3 Å². The normalized spacial score (nSPS) is 14.0. The van der Waals surface area contributed by atoms with Gasteiger partial charge in [-0.15, -0.1) is 0 Å². The van der Waals surface area contributed by atoms with Gasteiger partial charge in [-0.25, -0.2) is 13.1 Å². The number of benzene rings is 1. The van der Waals surface area contributed by atoms with Gasteiger partial charge in [0, 0.05) is 6.54 Å². The van der Waals surface area contributed by atoms with Gasteiger partial charge in [0.15, 0.2) is 0 Å². The van der Waals surface area contributed by atoms with Crippen molar-refractivity contribution < 1.29 is 26.3 Å². The summed E-state index contributed by atoms with van der Waals surface area (Å²) in [4.78, 5) is 0.0483. The highest BCUT2D eigenvalue weighted by atomic mass is 32.2. The van der Waals surface area contributed by atoms with Crippen LogP contribution >= 0.6 is 0 Å². The van der Waals surface area contributed by atoms with Gasteiger partial charge in [0.05, 0.1) is 17.9 Å². The third kappa shape index (κ3) is 5.55. The fraction of sp³-hybridized carbons (Fsp3) is 0.538. The molecule has 1 aromatic carbocycles. The summed E-state index contributed by atoms with van der Waals surface area (Å²) in [6.07, 6.45) is -4.24. The second kappa shape index (κ2) is 7.13. The predicted molar refractivity (Wildman–Crippen MR) is 72.6 cm³/mol. The van der Waals surface area contributed by atoms with Crippen molar-refractivity contribution >= 4 is 10.0 Å². The Balaban J connectivity index is 2.50. The molecule has 0 aliphatic carbocycles. The van der Waals surface area contributed by atoms with Crippen molar-refractivity contribution in [3.8, 4) is 5.75 Å². The molecule has 0 spiro atoms. The molecule has 21 heavy (non-hydrogen) atoms. The van der Waals surface area contributed by atoms with Crippen molar-refractivity contribution in [1.82, 2.24) is 4.72 Å². The van der Waals surface area contributed by atoms with Crippen LogP contribution in [0.3, 0.4) is 0 Å². The van der Waals surface area contributed by atoms with Crippen molar-refractivity contribution in [1.29, 1.82) is 0 Å². The number of rotatable bonds is 7. The average molecular weight is 325 g/mol. The Bertz CT molecular complexity index is 541. The zero-order valence-corrected chi connectivity index (χ0v) is 12.6. The minimum Gasteiger partial charge on any atom is -0.497 e. The van der Waals surface area contributed by atoms with Gasteiger partial charge in [-0.05, 0) is 37.1 Å². The maximum Gasteiger partial charge on any atom is 0.391 e. The molecule has 8 heteroatoms. The molecule has 1 atom stereocenters. The van der Waals surface area contributed by atoms with E-state index in [-0.39, 0.29) is 24.3 Å². The summed E-state index contributed by atoms with van der Waals surface area (Å²) in [6.45, 7) is 1.05. The van der Waals surface area contributed by atoms with E-state index in [1.165, 1.54) is 31.4 Å². The molecule has 1 rings (SSSR count). The van der Waals surface area contributed by atoms with Gasteiger partial charge in [0.1, 0.15) is 5.75 Å². The molecule has 0 aliphatic rings. The number of ether oxygens (including phenoxy) is 1. The van der Waals surface area contributed by atoms with Crippen molar-refractivity contribution in [2.45, 2.75) is 30.8 Å². The van der Waals surface area contributed by atoms with Gasteiger partial charge >= 0.3 is 6.18 Å². The SMILES string of the molecule is COc1ccc(S(=O)(=O)NCCCC(C)C(F)(F)F)cc1. The molecule has 1 aromatic rings. The minimum absolute atomic E-state index is 0.0330. The second-order valence-electron chi connectivity index (χ2n) is 4.66. The lowest BCUT2D eigenvalue weighted by atomic mass is 10.1. The zero-order valence-electron chi connectivity index (χ0n) is 11.8. The van der Waals surface area contributed by atoms with E-state index in [4.69, 9.17) is 4.74 Å². The van der Waals surface area contributed by atoms with Crippen molar-refractivity contribution in [2.75, 3.05) is 13.7 Å². The molecule has 0 heterocycles. The Labute approximate surface area is 122 Å². The van der Waals surface area contributed by atoms with Crippen LogP contribution in [0.15, 0.2) is 29.2 Å². The molecule has 0 saturated heterocycles. The molecule has 1 N–H and O–H groups in total. The summed E-state index contributed by atoms with van der Waals surface area (Å²) in [5.74, 6) is -0.920. The molecule has 0 aromatic heterocycles. The summed E-state index contributed by atoms with van der Waals surface area (Å²) in [7, 11) is -2.24. The third-order valence-corrected chi connectivity index (χ3v) is 4.51. The number of sulfonamides is 1. The van der Waals surface area contributed by atoms with Crippen molar-refractivity contribution in [3.63, 3.8) is 0 Å². The quantitative estimate of drug-likeness (QED) is 0.784. The van der Waals surface area contributed by atoms with Crippen LogP contribution in [0.5, 0.6) is 5.75 Å². The number of nitrogens with one attached hydrogen (secondary N) is 1. The number of halogens is 3. The summed E-state index contributed by atoms with van der Waals surface area (Å²) in [5, 5.41) is 0. The number of hydrogen-bond donors (Lipinski definition) is 1. The molecule has 0 aliphatic heterocycles. The van der Waals surface area contributed by atoms with E-state index in [9.17, 15) is 21.6 Å². The zero-order chi connectivity index (χ0) is 16.1. The monoisotopic (exact) mass is 325 g/mol. The molecule has 0 amide bonds. The smallest absolute Gasteiger partial charge is 0.391 e. The Kier molecular flexibility index (Phi) is 6.03. The lowest BCUT2D eigenvalue weighted by Gasteiger charge is -2.15. The van der Waals surface area contributed by atoms with Crippen LogP contribution in [0.1, 0.15) is 19.8 Å². The van der Waals surface area contributed by atoms with Gasteiger partial charge in [-0.2, -0.15) is 13.2 Å². The number of hydrogen-bond acceptors (Lipinski definition) is 3. The molecular weight excluding hydrogens is 307 g/mol. The van der Waals surface area contributed by atoms with Crippen LogP contribution in [0.4, 0.5) is 13.2 Å². The van der Waals surface area contributed by atoms with Gasteiger partial charge in [-0.3, -0.25) is 0 Å². The van der Waals surface area contributed by atoms with Crippen LogP contribution in [0.2, 0.25) is 0 Å². The van der Waals surface area contributed by atoms with E-state index in [1.54, 1.807) is 0 Å². The van der Waals surface area contributed by atoms with Crippen molar-refractivity contribution in [2.24, 2.45) is 5.92 Å². The van der Waals surface area contributed by atoms with Crippen LogP contribution in [0, 0.1) is 5.92 Å². The highest BCUT2D eigenvalue weighted by Gasteiger charge is 2.35. The van der Waals surface area contributed by atoms with Gasteiger partial charge in [-0.1, -0.05) is 6.92 Å². The van der Waals surface area contributed by atoms with Gasteiger partial charge in [0.2, 0.25) is 10.0 Å². The maximum atomic E-state index is 12.3. The Morgan fingerprint density at radius 1 is 1.24 bits per heavy atom. The first-order chi connectivity index (χ1) is 9.66. The first kappa shape index (κ1) is 17.8. The van der Waals surface area contributed by atoms with E-state index in [0.717, 1.165) is 6.92 Å². The van der Waals surface area contributed by atoms with Gasteiger partial charge < -0.3 is 4.74 Å². The fourth-order valence-corrected chi connectivity index (χ4v) is 2.69. The van der Waals surface area contributed by atoms with Crippen LogP contribution in [-0.4, -0.2) is 28.2 Å². The lowest BCUT2D eigenvalue weighted by molar-refractivity contribution is -0.171. The molecule has 0 radical (unpaired) electrons. The Hall–Kier alpha value is -1.28. The average Bonchev–Trinajstić information content (AvgIpc) is 2.42. The summed E-state index contributed by atoms with van der Waals surface area (Å²) in [5.41, 5.74) is 0. The topological polar surface area (TPSA) is 55.4 Å². The summed E-state index contributed by atoms with van der Waals surface area (Å²) < 4.78 is 67.9. The Morgan fingerprint density at radius 2 is 1.81 bits per heavy atom. The largest absolute Gasteiger partial charge is 0.497 e. The molecule has 1 unspecified atom stereocenters. The maximum absolute atomic E-state index is 12.3. The third-order valence-electron chi connectivity index (χ3n) is 3.03. The van der Waals surface area contributed by atoms with Crippen LogP contribution < -0.4 is 9.46 Å². The van der Waals surface area contributed by atoms with E-state index >= 15 is 0 Å². The molecule has 0 saturated carbocycles. The van der Waals surface area contributed by atoms with Gasteiger partial charge in [0.25, 0.3) is 0 Å². The second-order valence-corrected chi connectivity index (χ2v) is 6.43. The number of alkyl halides is 3. The Morgan fingerprint density at radius 3 is 2.29 bits per heavy atom. The van der Waals surface area contributed by atoms with E-state index in [0.29, 0.717) is 5.75 Å². The minimum atomic E-state index is -4.24. The summed E-state index contributed by atoms with van der Waals surface area (Å²) >= 11 is 0. The fourth-order valence-electron chi connectivity index (χ4n) is 1.62. The predicted octanol–water partition coefficient (Wildman–Crippen LogP) is 2.95. The highest BCUT2D eigenvalue weighted by Crippen LogP contribution is 2.28. The molecule has 120 valence electrons.